The van der Waals surface area contributed by atoms with E-state index in [2.05, 4.69) is 25.4 Å². The number of ether oxygens (including phenoxy) is 1. The van der Waals surface area contributed by atoms with Crippen molar-refractivity contribution in [3.63, 3.8) is 0 Å². The molecule has 0 aliphatic carbocycles. The van der Waals surface area contributed by atoms with E-state index in [0.717, 1.165) is 4.88 Å². The second kappa shape index (κ2) is 7.45. The summed E-state index contributed by atoms with van der Waals surface area (Å²) < 4.78 is 10.1. The molecule has 0 radical (unpaired) electrons. The largest absolute Gasteiger partial charge is 0.456 e. The molecule has 0 atom stereocenters. The molecule has 0 aromatic carbocycles. The van der Waals surface area contributed by atoms with Gasteiger partial charge in [0.25, 0.3) is 5.89 Å². The lowest BCUT2D eigenvalue weighted by Gasteiger charge is -2.03. The number of carbonyl (C=O) groups is 1. The summed E-state index contributed by atoms with van der Waals surface area (Å²) in [6.45, 7) is 0.339. The number of hydrogen-bond donors (Lipinski definition) is 1. The zero-order valence-corrected chi connectivity index (χ0v) is 12.8. The number of nitrogens with one attached hydrogen (secondary N) is 1. The maximum Gasteiger partial charge on any atom is 0.308 e. The minimum absolute atomic E-state index is 0.0426. The molecule has 3 aromatic heterocycles. The molecule has 9 heteroatoms. The van der Waals surface area contributed by atoms with Crippen molar-refractivity contribution >= 4 is 23.3 Å². The summed E-state index contributed by atoms with van der Waals surface area (Å²) in [6, 6.07) is 5.51. The van der Waals surface area contributed by atoms with E-state index in [1.54, 1.807) is 18.5 Å². The van der Waals surface area contributed by atoms with Crippen LogP contribution < -0.4 is 5.32 Å². The summed E-state index contributed by atoms with van der Waals surface area (Å²) in [4.78, 5) is 24.7. The van der Waals surface area contributed by atoms with Crippen LogP contribution in [0.15, 0.2) is 40.5 Å². The van der Waals surface area contributed by atoms with Crippen molar-refractivity contribution in [1.82, 2.24) is 20.1 Å². The number of anilines is 1. The third kappa shape index (κ3) is 4.33. The van der Waals surface area contributed by atoms with Crippen molar-refractivity contribution in [3.8, 4) is 10.7 Å². The van der Waals surface area contributed by atoms with Gasteiger partial charge in [-0.05, 0) is 17.5 Å². The molecule has 3 aromatic rings. The van der Waals surface area contributed by atoms with Crippen LogP contribution in [0.5, 0.6) is 0 Å². The average molecular weight is 331 g/mol. The highest BCUT2D eigenvalue weighted by molar-refractivity contribution is 7.13. The first-order chi connectivity index (χ1) is 11.3. The van der Waals surface area contributed by atoms with E-state index in [0.29, 0.717) is 18.3 Å². The Morgan fingerprint density at radius 3 is 2.96 bits per heavy atom. The van der Waals surface area contributed by atoms with Gasteiger partial charge in [-0.2, -0.15) is 4.98 Å². The van der Waals surface area contributed by atoms with Crippen LogP contribution in [-0.4, -0.2) is 32.6 Å². The van der Waals surface area contributed by atoms with Gasteiger partial charge in [-0.3, -0.25) is 4.79 Å². The van der Waals surface area contributed by atoms with E-state index in [-0.39, 0.29) is 24.9 Å². The van der Waals surface area contributed by atoms with E-state index in [4.69, 9.17) is 9.26 Å². The smallest absolute Gasteiger partial charge is 0.308 e. The number of esters is 1. The van der Waals surface area contributed by atoms with E-state index >= 15 is 0 Å². The topological polar surface area (TPSA) is 103 Å². The Labute approximate surface area is 135 Å². The first-order valence-electron chi connectivity index (χ1n) is 6.84. The van der Waals surface area contributed by atoms with Gasteiger partial charge in [0.05, 0.1) is 11.3 Å². The van der Waals surface area contributed by atoms with Crippen molar-refractivity contribution in [2.75, 3.05) is 11.9 Å². The lowest BCUT2D eigenvalue weighted by molar-refractivity contribution is -0.145. The number of carbonyl (C=O) groups excluding carboxylic acids is 1. The fraction of sp³-hybridized carbons (Fsp3) is 0.214. The fourth-order valence-electron chi connectivity index (χ4n) is 1.70. The van der Waals surface area contributed by atoms with Crippen molar-refractivity contribution in [1.29, 1.82) is 0 Å². The maximum atomic E-state index is 11.7. The molecule has 0 unspecified atom stereocenters. The highest BCUT2D eigenvalue weighted by atomic mass is 32.1. The predicted octanol–water partition coefficient (Wildman–Crippen LogP) is 2.13. The maximum absolute atomic E-state index is 11.7. The van der Waals surface area contributed by atoms with Gasteiger partial charge in [0.15, 0.2) is 6.61 Å². The number of aromatic nitrogens is 4. The van der Waals surface area contributed by atoms with Crippen molar-refractivity contribution in [2.45, 2.75) is 13.0 Å². The van der Waals surface area contributed by atoms with Crippen LogP contribution in [0.1, 0.15) is 12.3 Å². The Hall–Kier alpha value is -2.81. The minimum atomic E-state index is -0.371. The van der Waals surface area contributed by atoms with Crippen LogP contribution in [-0.2, 0) is 16.1 Å². The SMILES string of the molecule is O=C(CCNc1ncccn1)OCc1nc(-c2cccs2)no1. The van der Waals surface area contributed by atoms with Gasteiger partial charge < -0.3 is 14.6 Å². The Bertz CT molecular complexity index is 745. The molecule has 23 heavy (non-hydrogen) atoms. The summed E-state index contributed by atoms with van der Waals surface area (Å²) >= 11 is 1.51. The molecule has 0 spiro atoms. The van der Waals surface area contributed by atoms with Gasteiger partial charge in [0.2, 0.25) is 11.8 Å². The normalized spacial score (nSPS) is 10.4. The zero-order valence-electron chi connectivity index (χ0n) is 12.0. The van der Waals surface area contributed by atoms with Gasteiger partial charge in [-0.25, -0.2) is 9.97 Å². The second-order valence-electron chi connectivity index (χ2n) is 4.40. The summed E-state index contributed by atoms with van der Waals surface area (Å²) in [5.74, 6) is 0.858. The number of thiophene rings is 1. The molecule has 118 valence electrons. The molecular formula is C14H13N5O3S. The number of hydrogen-bond acceptors (Lipinski definition) is 9. The van der Waals surface area contributed by atoms with Gasteiger partial charge in [-0.15, -0.1) is 11.3 Å². The summed E-state index contributed by atoms with van der Waals surface area (Å²) in [6.07, 6.45) is 3.42. The van der Waals surface area contributed by atoms with Crippen molar-refractivity contribution < 1.29 is 14.1 Å². The molecule has 3 rings (SSSR count). The Kier molecular flexibility index (Phi) is 4.89. The molecule has 3 heterocycles. The molecule has 0 aliphatic rings. The highest BCUT2D eigenvalue weighted by Crippen LogP contribution is 2.21. The van der Waals surface area contributed by atoms with Gasteiger partial charge in [0, 0.05) is 18.9 Å². The molecule has 1 N–H and O–H groups in total. The van der Waals surface area contributed by atoms with E-state index in [1.807, 2.05) is 17.5 Å². The molecule has 0 saturated heterocycles. The molecule has 0 aliphatic heterocycles. The first kappa shape index (κ1) is 15.1. The summed E-state index contributed by atoms with van der Waals surface area (Å²) in [5, 5.41) is 8.69. The number of rotatable bonds is 7. The van der Waals surface area contributed by atoms with E-state index < -0.39 is 0 Å². The van der Waals surface area contributed by atoms with Crippen LogP contribution >= 0.6 is 11.3 Å². The monoisotopic (exact) mass is 331 g/mol. The van der Waals surface area contributed by atoms with Crippen LogP contribution in [0.4, 0.5) is 5.95 Å². The lowest BCUT2D eigenvalue weighted by Crippen LogP contribution is -2.12. The quantitative estimate of drug-likeness (QED) is 0.657. The summed E-state index contributed by atoms with van der Waals surface area (Å²) in [7, 11) is 0. The van der Waals surface area contributed by atoms with Crippen LogP contribution in [0.2, 0.25) is 0 Å². The lowest BCUT2D eigenvalue weighted by atomic mass is 10.4. The molecule has 0 bridgehead atoms. The third-order valence-corrected chi connectivity index (χ3v) is 3.61. The van der Waals surface area contributed by atoms with E-state index in [1.165, 1.54) is 11.3 Å². The zero-order chi connectivity index (χ0) is 15.9. The van der Waals surface area contributed by atoms with Crippen LogP contribution in [0.25, 0.3) is 10.7 Å². The predicted molar refractivity (Wildman–Crippen MR) is 82.5 cm³/mol. The van der Waals surface area contributed by atoms with Crippen molar-refractivity contribution in [2.24, 2.45) is 0 Å². The highest BCUT2D eigenvalue weighted by Gasteiger charge is 2.11. The third-order valence-electron chi connectivity index (χ3n) is 2.74. The summed E-state index contributed by atoms with van der Waals surface area (Å²) in [5.41, 5.74) is 0. The van der Waals surface area contributed by atoms with Crippen LogP contribution in [0.3, 0.4) is 0 Å². The Balaban J connectivity index is 1.41. The number of nitrogens with zero attached hydrogens (tertiary/aromatic N) is 4. The van der Waals surface area contributed by atoms with Gasteiger partial charge in [0.1, 0.15) is 0 Å². The first-order valence-corrected chi connectivity index (χ1v) is 7.72. The fourth-order valence-corrected chi connectivity index (χ4v) is 2.35. The molecule has 0 amide bonds. The van der Waals surface area contributed by atoms with Crippen molar-refractivity contribution in [3.05, 3.63) is 41.9 Å². The van der Waals surface area contributed by atoms with E-state index in [9.17, 15) is 4.79 Å². The minimum Gasteiger partial charge on any atom is -0.456 e. The molecule has 0 fully saturated rings. The molecular weight excluding hydrogens is 318 g/mol. The molecule has 8 nitrogen and oxygen atoms in total. The Morgan fingerprint density at radius 2 is 2.17 bits per heavy atom. The average Bonchev–Trinajstić information content (AvgIpc) is 3.25. The van der Waals surface area contributed by atoms with Gasteiger partial charge in [-0.1, -0.05) is 11.2 Å². The standard InChI is InChI=1S/C14H13N5O3S/c20-12(4-7-17-14-15-5-2-6-16-14)21-9-11-18-13(19-22-11)10-3-1-8-23-10/h1-3,5-6,8H,4,7,9H2,(H,15,16,17). The van der Waals surface area contributed by atoms with Crippen LogP contribution in [0, 0.1) is 0 Å². The molecule has 0 saturated carbocycles. The van der Waals surface area contributed by atoms with Gasteiger partial charge >= 0.3 is 5.97 Å². The Morgan fingerprint density at radius 1 is 1.30 bits per heavy atom. The second-order valence-corrected chi connectivity index (χ2v) is 5.35.